The van der Waals surface area contributed by atoms with Crippen molar-refractivity contribution in [2.45, 2.75) is 166 Å². The maximum atomic E-state index is 13.0. The highest BCUT2D eigenvalue weighted by Crippen LogP contribution is 2.52. The molecule has 12 nitrogen and oxygen atoms in total. The molecule has 0 aromatic rings. The van der Waals surface area contributed by atoms with Crippen LogP contribution in [0, 0.1) is 46.8 Å². The van der Waals surface area contributed by atoms with Gasteiger partial charge in [-0.2, -0.15) is 0 Å². The summed E-state index contributed by atoms with van der Waals surface area (Å²) >= 11 is 0. The first-order valence-corrected chi connectivity index (χ1v) is 35.8. The van der Waals surface area contributed by atoms with Gasteiger partial charge in [-0.25, -0.2) is 0 Å². The number of hydrogen-bond donors (Lipinski definition) is 1. The molecule has 6 bridgehead atoms. The second kappa shape index (κ2) is 17.1. The van der Waals surface area contributed by atoms with Crippen molar-refractivity contribution in [1.29, 1.82) is 0 Å². The van der Waals surface area contributed by atoms with Gasteiger partial charge in [-0.05, 0) is 52.9 Å². The molecule has 4 fully saturated rings. The fourth-order valence-electron chi connectivity index (χ4n) is 7.95. The highest BCUT2D eigenvalue weighted by molar-refractivity contribution is 7.00. The Morgan fingerprint density at radius 3 is 1.00 bits per heavy atom. The van der Waals surface area contributed by atoms with Crippen LogP contribution in [0.15, 0.2) is 0 Å². The molecule has 0 aliphatic carbocycles. The highest BCUT2D eigenvalue weighted by Gasteiger charge is 2.79. The summed E-state index contributed by atoms with van der Waals surface area (Å²) in [7, 11) is -30.5. The van der Waals surface area contributed by atoms with Gasteiger partial charge < -0.3 is 50.1 Å². The Balaban J connectivity index is 2.23. The van der Waals surface area contributed by atoms with Crippen molar-refractivity contribution in [2.24, 2.45) is 46.8 Å². The minimum Gasteiger partial charge on any atom is -0.397 e. The zero-order valence-corrected chi connectivity index (χ0v) is 44.4. The number of hydrogen-bond acceptors (Lipinski definition) is 12. The maximum absolute atomic E-state index is 13.0. The quantitative estimate of drug-likeness (QED) is 0.159. The molecule has 0 saturated carbocycles. The molecule has 0 aromatic carbocycles. The molecule has 1 N–H and O–H groups in total. The first-order chi connectivity index (χ1) is 24.1. The van der Waals surface area contributed by atoms with Crippen LogP contribution in [0.25, 0.3) is 0 Å². The van der Waals surface area contributed by atoms with Crippen LogP contribution in [0.3, 0.4) is 0 Å². The molecule has 53 heavy (non-hydrogen) atoms. The second-order valence-electron chi connectivity index (χ2n) is 20.3. The third kappa shape index (κ3) is 12.6. The monoisotopic (exact) mass is 888 g/mol. The van der Waals surface area contributed by atoms with Crippen LogP contribution >= 0.6 is 0 Å². The van der Waals surface area contributed by atoms with E-state index in [2.05, 4.69) is 118 Å². The molecule has 312 valence electrons. The van der Waals surface area contributed by atoms with E-state index in [1.54, 1.807) is 0 Å². The minimum atomic E-state index is -4.20. The van der Waals surface area contributed by atoms with Gasteiger partial charge in [0.15, 0.2) is 0 Å². The summed E-state index contributed by atoms with van der Waals surface area (Å²) in [6.45, 7) is 36.5. The van der Waals surface area contributed by atoms with Crippen LogP contribution in [-0.2, 0) is 45.3 Å². The zero-order chi connectivity index (χ0) is 40.1. The van der Waals surface area contributed by atoms with Crippen LogP contribution in [-0.4, -0.2) is 75.7 Å². The highest BCUT2D eigenvalue weighted by atomic mass is 28.6. The molecule has 0 aromatic heterocycles. The normalized spacial score (nSPS) is 39.7. The Kier molecular flexibility index (Phi) is 15.1. The average molecular weight is 890 g/mol. The van der Waals surface area contributed by atoms with Gasteiger partial charge in [0.2, 0.25) is 0 Å². The fraction of sp³-hybridized carbons (Fsp3) is 1.00. The predicted octanol–water partition coefficient (Wildman–Crippen LogP) is 8.65. The molecule has 0 radical (unpaired) electrons. The van der Waals surface area contributed by atoms with Crippen molar-refractivity contribution in [3.05, 3.63) is 0 Å². The van der Waals surface area contributed by atoms with Crippen molar-refractivity contribution in [3.8, 4) is 0 Å². The van der Waals surface area contributed by atoms with Crippen LogP contribution in [0.5, 0.6) is 0 Å². The van der Waals surface area contributed by atoms with Crippen molar-refractivity contribution in [3.63, 3.8) is 0 Å². The van der Waals surface area contributed by atoms with Crippen molar-refractivity contribution in [1.82, 2.24) is 0 Å². The van der Waals surface area contributed by atoms with Crippen LogP contribution < -0.4 is 0 Å². The third-order valence-corrected chi connectivity index (χ3v) is 47.0. The van der Waals surface area contributed by atoms with E-state index in [0.29, 0.717) is 42.3 Å². The zero-order valence-electron chi connectivity index (χ0n) is 36.2. The summed E-state index contributed by atoms with van der Waals surface area (Å²) in [5.41, 5.74) is -0.293. The minimum absolute atomic E-state index is 0.0356. The van der Waals surface area contributed by atoms with Gasteiger partial charge in [0.25, 0.3) is 0 Å². The average Bonchev–Trinajstić information content (AvgIpc) is 2.79. The standard InChI is InChI=1S/C33H76O12Si8/c1-26(2)18-46-35-48(20-28(5)6)39-49(21-29(7)8)37-47(34,19-27(3)4)38-50(22-30(9)10)42-52(41-49,24-32(13)14)43-51(40-48,23-31(11)12)45-53(36-46,44-50)25-33(15,16)17/h26-32,34,46H,18-25H2,1-17H3. The van der Waals surface area contributed by atoms with E-state index in [4.69, 9.17) is 45.3 Å². The smallest absolute Gasteiger partial charge is 0.397 e. The fourth-order valence-corrected chi connectivity index (χ4v) is 55.1. The summed E-state index contributed by atoms with van der Waals surface area (Å²) in [4.78, 5) is 13.0. The topological polar surface area (TPSA) is 122 Å². The van der Waals surface area contributed by atoms with Gasteiger partial charge in [0, 0.05) is 42.3 Å². The van der Waals surface area contributed by atoms with Gasteiger partial charge in [-0.3, -0.25) is 0 Å². The number of rotatable bonds is 15. The molecule has 0 spiro atoms. The molecule has 8 atom stereocenters. The lowest BCUT2D eigenvalue weighted by Crippen LogP contribution is -2.84. The Labute approximate surface area is 332 Å². The van der Waals surface area contributed by atoms with E-state index >= 15 is 0 Å². The largest absolute Gasteiger partial charge is 0.483 e. The number of fused-ring (bicyclic) bond motifs is 4. The second-order valence-corrected chi connectivity index (χ2v) is 43.3. The first kappa shape index (κ1) is 46.9. The van der Waals surface area contributed by atoms with Crippen molar-refractivity contribution in [2.75, 3.05) is 0 Å². The molecule has 4 aliphatic heterocycles. The Morgan fingerprint density at radius 1 is 0.396 bits per heavy atom. The maximum Gasteiger partial charge on any atom is 0.483 e. The predicted molar refractivity (Wildman–Crippen MR) is 223 cm³/mol. The van der Waals surface area contributed by atoms with Gasteiger partial charge in [-0.15, -0.1) is 0 Å². The molecule has 4 heterocycles. The first-order valence-electron chi connectivity index (χ1n) is 20.5. The Bertz CT molecular complexity index is 1200. The Morgan fingerprint density at radius 2 is 0.679 bits per heavy atom. The van der Waals surface area contributed by atoms with E-state index in [-0.39, 0.29) is 52.9 Å². The lowest BCUT2D eigenvalue weighted by atomic mass is 10.0. The van der Waals surface area contributed by atoms with Gasteiger partial charge in [0.1, 0.15) is 0 Å². The Hall–Kier alpha value is 1.26. The van der Waals surface area contributed by atoms with E-state index < -0.39 is 70.9 Å². The summed E-state index contributed by atoms with van der Waals surface area (Å²) in [5, 5.41) is 0. The lowest BCUT2D eigenvalue weighted by Gasteiger charge is -2.60. The van der Waals surface area contributed by atoms with E-state index in [0.717, 1.165) is 0 Å². The molecular weight excluding hydrogens is 813 g/mol. The van der Waals surface area contributed by atoms with Crippen LogP contribution in [0.1, 0.15) is 118 Å². The summed E-state index contributed by atoms with van der Waals surface area (Å²) in [6, 6.07) is 3.67. The summed E-state index contributed by atoms with van der Waals surface area (Å²) in [6.07, 6.45) is 0. The molecule has 4 aliphatic rings. The third-order valence-electron chi connectivity index (χ3n) is 8.80. The van der Waals surface area contributed by atoms with E-state index in [1.165, 1.54) is 0 Å². The molecule has 20 heteroatoms. The van der Waals surface area contributed by atoms with Gasteiger partial charge >= 0.3 is 70.9 Å². The summed E-state index contributed by atoms with van der Waals surface area (Å²) in [5.74, 6) is 0.804. The van der Waals surface area contributed by atoms with E-state index in [1.807, 2.05) is 0 Å². The van der Waals surface area contributed by atoms with Gasteiger partial charge in [-0.1, -0.05) is 118 Å². The SMILES string of the molecule is CC(C)C[SiH]1O[Si]2(CC(C)C)O[Si]3(CC(C)C)O[Si](O)(CC(C)C)O[Si]4(CC(C)C)O[Si](CC(C)(C)C)(O1)O[Si](CC(C)C)(O2)O[Si](CC(C)C)(O3)O4. The molecule has 8 unspecified atom stereocenters. The molecule has 4 saturated heterocycles. The van der Waals surface area contributed by atoms with Gasteiger partial charge in [0.05, 0.1) is 0 Å². The van der Waals surface area contributed by atoms with Crippen molar-refractivity contribution >= 4 is 70.9 Å². The summed E-state index contributed by atoms with van der Waals surface area (Å²) < 4.78 is 83.6. The molecule has 0 amide bonds. The molecular formula is C33H76O12Si8. The van der Waals surface area contributed by atoms with Crippen LogP contribution in [0.2, 0.25) is 48.4 Å². The van der Waals surface area contributed by atoms with Crippen LogP contribution in [0.4, 0.5) is 0 Å². The molecule has 4 rings (SSSR count). The van der Waals surface area contributed by atoms with Crippen molar-refractivity contribution < 1.29 is 50.1 Å². The van der Waals surface area contributed by atoms with E-state index in [9.17, 15) is 4.80 Å². The lowest BCUT2D eigenvalue weighted by molar-refractivity contribution is -0.00468.